The maximum absolute atomic E-state index is 13.3. The number of carbonyl (C=O) groups is 2. The molecule has 4 aliphatic rings. The van der Waals surface area contributed by atoms with Gasteiger partial charge in [0.05, 0.1) is 6.10 Å². The minimum absolute atomic E-state index is 0.0523. The van der Waals surface area contributed by atoms with E-state index in [1.807, 2.05) is 4.90 Å². The van der Waals surface area contributed by atoms with E-state index in [0.29, 0.717) is 30.5 Å². The molecule has 1 aromatic carbocycles. The smallest absolute Gasteiger partial charge is 0.272 e. The molecule has 0 spiro atoms. The molecule has 4 heterocycles. The quantitative estimate of drug-likeness (QED) is 0.611. The lowest BCUT2D eigenvalue weighted by Gasteiger charge is -2.43. The lowest BCUT2D eigenvalue weighted by atomic mass is 9.94. The molecule has 2 saturated heterocycles. The third-order valence-corrected chi connectivity index (χ3v) is 9.21. The number of aliphatic hydroxyl groups is 1. The summed E-state index contributed by atoms with van der Waals surface area (Å²) >= 11 is 0. The summed E-state index contributed by atoms with van der Waals surface area (Å²) in [6.07, 6.45) is 8.73. The van der Waals surface area contributed by atoms with Gasteiger partial charge in [-0.3, -0.25) is 14.5 Å². The van der Waals surface area contributed by atoms with Crippen LogP contribution in [0.5, 0.6) is 0 Å². The Labute approximate surface area is 230 Å². The van der Waals surface area contributed by atoms with Crippen LogP contribution >= 0.6 is 0 Å². The molecule has 6 rings (SSSR count). The fourth-order valence-electron chi connectivity index (χ4n) is 6.93. The van der Waals surface area contributed by atoms with Crippen LogP contribution in [0.15, 0.2) is 36.7 Å². The summed E-state index contributed by atoms with van der Waals surface area (Å²) in [5.41, 5.74) is 3.08. The Morgan fingerprint density at radius 3 is 2.41 bits per heavy atom. The highest BCUT2D eigenvalue weighted by atomic mass is 16.3. The van der Waals surface area contributed by atoms with Gasteiger partial charge in [0.15, 0.2) is 0 Å². The second kappa shape index (κ2) is 11.6. The van der Waals surface area contributed by atoms with E-state index >= 15 is 0 Å². The van der Waals surface area contributed by atoms with Crippen LogP contribution in [0.25, 0.3) is 0 Å². The maximum Gasteiger partial charge on any atom is 0.272 e. The number of nitrogens with one attached hydrogen (secondary N) is 1. The third kappa shape index (κ3) is 5.79. The van der Waals surface area contributed by atoms with Gasteiger partial charge in [-0.15, -0.1) is 0 Å². The summed E-state index contributed by atoms with van der Waals surface area (Å²) in [4.78, 5) is 40.8. The second-order valence-corrected chi connectivity index (χ2v) is 11.7. The predicted molar refractivity (Wildman–Crippen MR) is 148 cm³/mol. The monoisotopic (exact) mass is 532 g/mol. The van der Waals surface area contributed by atoms with Crippen molar-refractivity contribution in [3.63, 3.8) is 0 Å². The molecular formula is C30H40N6O3. The maximum atomic E-state index is 13.3. The Morgan fingerprint density at radius 2 is 1.64 bits per heavy atom. The number of aliphatic hydroxyl groups excluding tert-OH is 1. The minimum atomic E-state index is -0.593. The van der Waals surface area contributed by atoms with Gasteiger partial charge in [-0.1, -0.05) is 37.1 Å². The van der Waals surface area contributed by atoms with E-state index in [4.69, 9.17) is 0 Å². The highest BCUT2D eigenvalue weighted by Crippen LogP contribution is 2.29. The summed E-state index contributed by atoms with van der Waals surface area (Å²) in [7, 11) is 0. The summed E-state index contributed by atoms with van der Waals surface area (Å²) in [6.45, 7) is 4.21. The first-order valence-electron chi connectivity index (χ1n) is 14.7. The van der Waals surface area contributed by atoms with Gasteiger partial charge < -0.3 is 20.2 Å². The molecule has 2 aromatic rings. The van der Waals surface area contributed by atoms with E-state index in [9.17, 15) is 14.7 Å². The lowest BCUT2D eigenvalue weighted by Crippen LogP contribution is -2.56. The topological polar surface area (TPSA) is 102 Å². The summed E-state index contributed by atoms with van der Waals surface area (Å²) in [6, 6.07) is 10.5. The van der Waals surface area contributed by atoms with E-state index in [1.54, 1.807) is 11.0 Å². The molecule has 39 heavy (non-hydrogen) atoms. The molecule has 1 aromatic heterocycles. The fourth-order valence-corrected chi connectivity index (χ4v) is 6.93. The Kier molecular flexibility index (Phi) is 7.79. The van der Waals surface area contributed by atoms with Gasteiger partial charge in [-0.25, -0.2) is 9.97 Å². The molecular weight excluding hydrogens is 492 g/mol. The Morgan fingerprint density at radius 1 is 0.897 bits per heavy atom. The van der Waals surface area contributed by atoms with Crippen LogP contribution in [-0.2, 0) is 17.8 Å². The van der Waals surface area contributed by atoms with Crippen molar-refractivity contribution in [3.8, 4) is 0 Å². The van der Waals surface area contributed by atoms with Crippen LogP contribution in [0.3, 0.4) is 0 Å². The van der Waals surface area contributed by atoms with Gasteiger partial charge in [0, 0.05) is 63.3 Å². The third-order valence-electron chi connectivity index (χ3n) is 9.21. The molecule has 3 aliphatic heterocycles. The molecule has 9 nitrogen and oxygen atoms in total. The number of nitrogens with zero attached hydrogens (tertiary/aromatic N) is 5. The number of carbonyl (C=O) groups excluding carboxylic acids is 2. The summed E-state index contributed by atoms with van der Waals surface area (Å²) in [5.74, 6) is 1.03. The predicted octanol–water partition coefficient (Wildman–Crippen LogP) is 2.70. The number of anilines is 1. The van der Waals surface area contributed by atoms with Crippen molar-refractivity contribution in [2.24, 2.45) is 5.92 Å². The number of aromatic nitrogens is 2. The molecule has 0 radical (unpaired) electrons. The van der Waals surface area contributed by atoms with Crippen LogP contribution in [0.1, 0.15) is 66.6 Å². The van der Waals surface area contributed by atoms with Gasteiger partial charge in [0.1, 0.15) is 17.8 Å². The summed E-state index contributed by atoms with van der Waals surface area (Å²) in [5, 5.41) is 14.5. The fraction of sp³-hybridized carbons (Fsp3) is 0.600. The molecule has 3 fully saturated rings. The van der Waals surface area contributed by atoms with E-state index in [0.717, 1.165) is 64.7 Å². The SMILES string of the molecule is O=C(c1cc(NC2CCN(C(=O)C3CCCC3)CC2)ncn1)N1CC[C@@H](N2CCc3ccccc3C2)[C@H](O)C1. The van der Waals surface area contributed by atoms with Crippen LogP contribution in [-0.4, -0.2) is 92.5 Å². The molecule has 0 unspecified atom stereocenters. The van der Waals surface area contributed by atoms with Crippen molar-refractivity contribution in [2.75, 3.05) is 38.0 Å². The first-order valence-corrected chi connectivity index (χ1v) is 14.7. The number of fused-ring (bicyclic) bond motifs is 1. The first-order chi connectivity index (χ1) is 19.0. The average Bonchev–Trinajstić information content (AvgIpc) is 3.52. The van der Waals surface area contributed by atoms with Gasteiger partial charge in [-0.05, 0) is 49.7 Å². The molecule has 1 aliphatic carbocycles. The van der Waals surface area contributed by atoms with Crippen molar-refractivity contribution in [2.45, 2.75) is 76.1 Å². The highest BCUT2D eigenvalue weighted by Gasteiger charge is 2.36. The van der Waals surface area contributed by atoms with Gasteiger partial charge >= 0.3 is 0 Å². The van der Waals surface area contributed by atoms with Crippen molar-refractivity contribution in [3.05, 3.63) is 53.5 Å². The zero-order valence-corrected chi connectivity index (χ0v) is 22.7. The van der Waals surface area contributed by atoms with Gasteiger partial charge in [-0.2, -0.15) is 0 Å². The van der Waals surface area contributed by atoms with Crippen LogP contribution in [0.2, 0.25) is 0 Å². The number of amides is 2. The Hall–Kier alpha value is -3.04. The van der Waals surface area contributed by atoms with E-state index in [1.165, 1.54) is 30.3 Å². The van der Waals surface area contributed by atoms with Crippen LogP contribution in [0, 0.1) is 5.92 Å². The molecule has 9 heteroatoms. The van der Waals surface area contributed by atoms with Crippen molar-refractivity contribution in [1.29, 1.82) is 0 Å². The van der Waals surface area contributed by atoms with E-state index in [2.05, 4.69) is 44.5 Å². The lowest BCUT2D eigenvalue weighted by molar-refractivity contribution is -0.136. The number of hydrogen-bond acceptors (Lipinski definition) is 7. The van der Waals surface area contributed by atoms with Crippen LogP contribution in [0.4, 0.5) is 5.82 Å². The van der Waals surface area contributed by atoms with Crippen molar-refractivity contribution < 1.29 is 14.7 Å². The number of likely N-dealkylation sites (tertiary alicyclic amines) is 2. The molecule has 2 N–H and O–H groups in total. The van der Waals surface area contributed by atoms with Crippen molar-refractivity contribution >= 4 is 17.6 Å². The standard InChI is InChI=1S/C30H40N6O3/c37-27-19-36(16-12-26(27)35-13-9-21-5-1-4-8-23(21)18-35)30(39)25-17-28(32-20-31-25)33-24-10-14-34(15-11-24)29(38)22-6-2-3-7-22/h1,4-5,8,17,20,22,24,26-27,37H,2-3,6-7,9-16,18-19H2,(H,31,32,33)/t26-,27-/m1/s1. The first kappa shape index (κ1) is 26.2. The number of hydrogen-bond donors (Lipinski definition) is 2. The number of β-amino-alcohol motifs (C(OH)–C–C–N with tert-alkyl or cyclic N) is 1. The number of rotatable bonds is 5. The summed E-state index contributed by atoms with van der Waals surface area (Å²) < 4.78 is 0. The van der Waals surface area contributed by atoms with Gasteiger partial charge in [0.2, 0.25) is 5.91 Å². The molecule has 0 bridgehead atoms. The van der Waals surface area contributed by atoms with E-state index < -0.39 is 6.10 Å². The molecule has 208 valence electrons. The number of piperidine rings is 2. The van der Waals surface area contributed by atoms with Gasteiger partial charge in [0.25, 0.3) is 5.91 Å². The normalized spacial score (nSPS) is 24.9. The zero-order valence-electron chi connectivity index (χ0n) is 22.7. The minimum Gasteiger partial charge on any atom is -0.390 e. The Bertz CT molecular complexity index is 1180. The second-order valence-electron chi connectivity index (χ2n) is 11.7. The zero-order chi connectivity index (χ0) is 26.8. The number of benzene rings is 1. The highest BCUT2D eigenvalue weighted by molar-refractivity contribution is 5.93. The van der Waals surface area contributed by atoms with E-state index in [-0.39, 0.29) is 23.9 Å². The molecule has 2 amide bonds. The Balaban J connectivity index is 1.01. The molecule has 1 saturated carbocycles. The average molecular weight is 533 g/mol. The molecule has 2 atom stereocenters. The van der Waals surface area contributed by atoms with Crippen LogP contribution < -0.4 is 5.32 Å². The van der Waals surface area contributed by atoms with Crippen molar-refractivity contribution in [1.82, 2.24) is 24.7 Å². The largest absolute Gasteiger partial charge is 0.390 e.